The van der Waals surface area contributed by atoms with Crippen LogP contribution in [0.1, 0.15) is 44.1 Å². The Morgan fingerprint density at radius 2 is 2.29 bits per heavy atom. The van der Waals surface area contributed by atoms with Gasteiger partial charge in [-0.05, 0) is 39.8 Å². The lowest BCUT2D eigenvalue weighted by molar-refractivity contribution is -0.150. The molecule has 0 aromatic carbocycles. The van der Waals surface area contributed by atoms with E-state index in [1.807, 2.05) is 18.0 Å². The van der Waals surface area contributed by atoms with Gasteiger partial charge in [-0.25, -0.2) is 0 Å². The molecular weight excluding hydrogens is 218 g/mol. The minimum atomic E-state index is -0.865. The highest BCUT2D eigenvalue weighted by atomic mass is 16.4. The van der Waals surface area contributed by atoms with Crippen LogP contribution in [0.2, 0.25) is 0 Å². The van der Waals surface area contributed by atoms with E-state index in [0.717, 1.165) is 30.6 Å². The SMILES string of the molecule is CN(C1CCCc2occc21)C(C)(C)C(=O)O. The van der Waals surface area contributed by atoms with Gasteiger partial charge in [-0.2, -0.15) is 0 Å². The molecule has 1 atom stereocenters. The third kappa shape index (κ3) is 1.97. The largest absolute Gasteiger partial charge is 0.480 e. The molecule has 2 rings (SSSR count). The normalized spacial score (nSPS) is 20.4. The number of carboxylic acids is 1. The fraction of sp³-hybridized carbons (Fsp3) is 0.615. The minimum absolute atomic E-state index is 0.142. The van der Waals surface area contributed by atoms with Gasteiger partial charge in [0.2, 0.25) is 0 Å². The molecule has 0 saturated heterocycles. The minimum Gasteiger partial charge on any atom is -0.480 e. The van der Waals surface area contributed by atoms with E-state index in [1.165, 1.54) is 0 Å². The van der Waals surface area contributed by atoms with Crippen LogP contribution in [0.3, 0.4) is 0 Å². The molecule has 94 valence electrons. The van der Waals surface area contributed by atoms with Gasteiger partial charge in [-0.15, -0.1) is 0 Å². The van der Waals surface area contributed by atoms with Gasteiger partial charge in [0, 0.05) is 18.0 Å². The second-order valence-corrected chi connectivity index (χ2v) is 5.18. The van der Waals surface area contributed by atoms with E-state index in [2.05, 4.69) is 0 Å². The first kappa shape index (κ1) is 12.2. The molecular formula is C13H19NO3. The summed E-state index contributed by atoms with van der Waals surface area (Å²) in [6, 6.07) is 2.11. The lowest BCUT2D eigenvalue weighted by Gasteiger charge is -2.39. The Balaban J connectivity index is 2.29. The van der Waals surface area contributed by atoms with Gasteiger partial charge in [-0.1, -0.05) is 0 Å². The highest BCUT2D eigenvalue weighted by molar-refractivity contribution is 5.77. The predicted molar refractivity (Wildman–Crippen MR) is 63.9 cm³/mol. The van der Waals surface area contributed by atoms with Crippen molar-refractivity contribution in [2.24, 2.45) is 0 Å². The quantitative estimate of drug-likeness (QED) is 0.877. The van der Waals surface area contributed by atoms with Crippen LogP contribution < -0.4 is 0 Å². The topological polar surface area (TPSA) is 53.7 Å². The number of hydrogen-bond acceptors (Lipinski definition) is 3. The molecule has 0 bridgehead atoms. The third-order valence-electron chi connectivity index (χ3n) is 3.89. The highest BCUT2D eigenvalue weighted by Crippen LogP contribution is 2.37. The second-order valence-electron chi connectivity index (χ2n) is 5.18. The van der Waals surface area contributed by atoms with Gasteiger partial charge in [0.25, 0.3) is 0 Å². The number of aliphatic carboxylic acids is 1. The number of furan rings is 1. The number of carbonyl (C=O) groups is 1. The van der Waals surface area contributed by atoms with Crippen molar-refractivity contribution in [2.45, 2.75) is 44.7 Å². The molecule has 1 aromatic heterocycles. The Morgan fingerprint density at radius 3 is 2.94 bits per heavy atom. The van der Waals surface area contributed by atoms with Crippen molar-refractivity contribution in [2.75, 3.05) is 7.05 Å². The van der Waals surface area contributed by atoms with Gasteiger partial charge in [0.1, 0.15) is 11.3 Å². The van der Waals surface area contributed by atoms with Crippen LogP contribution in [0.4, 0.5) is 0 Å². The smallest absolute Gasteiger partial charge is 0.323 e. The van der Waals surface area contributed by atoms with Gasteiger partial charge < -0.3 is 9.52 Å². The third-order valence-corrected chi connectivity index (χ3v) is 3.89. The molecule has 4 heteroatoms. The summed E-state index contributed by atoms with van der Waals surface area (Å²) in [5.41, 5.74) is 0.282. The molecule has 17 heavy (non-hydrogen) atoms. The predicted octanol–water partition coefficient (Wildman–Crippen LogP) is 2.45. The molecule has 0 radical (unpaired) electrons. The average molecular weight is 237 g/mol. The van der Waals surface area contributed by atoms with Crippen LogP contribution in [0.5, 0.6) is 0 Å². The zero-order chi connectivity index (χ0) is 12.6. The van der Waals surface area contributed by atoms with Crippen molar-refractivity contribution < 1.29 is 14.3 Å². The summed E-state index contributed by atoms with van der Waals surface area (Å²) in [6.07, 6.45) is 4.69. The standard InChI is InChI=1S/C13H19NO3/c1-13(2,12(15)16)14(3)10-5-4-6-11-9(10)7-8-17-11/h7-8,10H,4-6H2,1-3H3,(H,15,16). The fourth-order valence-corrected chi connectivity index (χ4v) is 2.40. The first-order valence-electron chi connectivity index (χ1n) is 5.97. The maximum absolute atomic E-state index is 11.3. The van der Waals surface area contributed by atoms with E-state index in [4.69, 9.17) is 4.42 Å². The molecule has 4 nitrogen and oxygen atoms in total. The molecule has 0 spiro atoms. The fourth-order valence-electron chi connectivity index (χ4n) is 2.40. The number of fused-ring (bicyclic) bond motifs is 1. The number of nitrogens with zero attached hydrogens (tertiary/aromatic N) is 1. The number of hydrogen-bond donors (Lipinski definition) is 1. The molecule has 1 aliphatic rings. The summed E-state index contributed by atoms with van der Waals surface area (Å²) in [4.78, 5) is 13.2. The zero-order valence-corrected chi connectivity index (χ0v) is 10.6. The van der Waals surface area contributed by atoms with Gasteiger partial charge in [0.05, 0.1) is 6.26 Å². The number of likely N-dealkylation sites (N-methyl/N-ethyl adjacent to an activating group) is 1. The van der Waals surface area contributed by atoms with E-state index >= 15 is 0 Å². The van der Waals surface area contributed by atoms with E-state index < -0.39 is 11.5 Å². The Hall–Kier alpha value is -1.29. The van der Waals surface area contributed by atoms with E-state index in [0.29, 0.717) is 0 Å². The molecule has 0 saturated carbocycles. The first-order chi connectivity index (χ1) is 7.94. The van der Waals surface area contributed by atoms with Crippen LogP contribution in [-0.2, 0) is 11.2 Å². The highest BCUT2D eigenvalue weighted by Gasteiger charge is 2.38. The summed E-state index contributed by atoms with van der Waals surface area (Å²) in [5, 5.41) is 9.28. The molecule has 1 N–H and O–H groups in total. The zero-order valence-electron chi connectivity index (χ0n) is 10.6. The summed E-state index contributed by atoms with van der Waals surface area (Å²) in [6.45, 7) is 3.48. The Labute approximate surface area is 101 Å². The summed E-state index contributed by atoms with van der Waals surface area (Å²) in [7, 11) is 1.88. The maximum atomic E-state index is 11.3. The molecule has 1 unspecified atom stereocenters. The van der Waals surface area contributed by atoms with Crippen LogP contribution in [0.25, 0.3) is 0 Å². The van der Waals surface area contributed by atoms with Crippen molar-refractivity contribution in [3.8, 4) is 0 Å². The second kappa shape index (κ2) is 4.18. The van der Waals surface area contributed by atoms with Crippen molar-refractivity contribution in [1.29, 1.82) is 0 Å². The summed E-state index contributed by atoms with van der Waals surface area (Å²) < 4.78 is 5.44. The van der Waals surface area contributed by atoms with Crippen LogP contribution >= 0.6 is 0 Å². The summed E-state index contributed by atoms with van der Waals surface area (Å²) in [5.74, 6) is 0.213. The van der Waals surface area contributed by atoms with Crippen molar-refractivity contribution >= 4 is 5.97 Å². The van der Waals surface area contributed by atoms with Gasteiger partial charge >= 0.3 is 5.97 Å². The van der Waals surface area contributed by atoms with E-state index in [-0.39, 0.29) is 6.04 Å². The Bertz CT molecular complexity index is 422. The first-order valence-corrected chi connectivity index (χ1v) is 5.97. The Kier molecular flexibility index (Phi) is 3.00. The van der Waals surface area contributed by atoms with E-state index in [1.54, 1.807) is 20.1 Å². The number of carboxylic acid groups (broad SMARTS) is 1. The summed E-state index contributed by atoms with van der Waals surface area (Å²) >= 11 is 0. The molecule has 1 aromatic rings. The lowest BCUT2D eigenvalue weighted by Crippen LogP contribution is -2.49. The molecule has 0 fully saturated rings. The Morgan fingerprint density at radius 1 is 1.59 bits per heavy atom. The monoisotopic (exact) mass is 237 g/mol. The van der Waals surface area contributed by atoms with Gasteiger partial charge in [0.15, 0.2) is 0 Å². The lowest BCUT2D eigenvalue weighted by atomic mass is 9.89. The van der Waals surface area contributed by atoms with Crippen molar-refractivity contribution in [3.05, 3.63) is 23.7 Å². The van der Waals surface area contributed by atoms with Crippen molar-refractivity contribution in [3.63, 3.8) is 0 Å². The molecule has 0 aliphatic heterocycles. The number of rotatable bonds is 3. The van der Waals surface area contributed by atoms with Crippen LogP contribution in [-0.4, -0.2) is 28.6 Å². The molecule has 0 amide bonds. The van der Waals surface area contributed by atoms with Crippen LogP contribution in [0.15, 0.2) is 16.7 Å². The maximum Gasteiger partial charge on any atom is 0.323 e. The average Bonchev–Trinajstić information content (AvgIpc) is 2.75. The van der Waals surface area contributed by atoms with Crippen molar-refractivity contribution in [1.82, 2.24) is 4.90 Å². The van der Waals surface area contributed by atoms with E-state index in [9.17, 15) is 9.90 Å². The van der Waals surface area contributed by atoms with Gasteiger partial charge in [-0.3, -0.25) is 9.69 Å². The van der Waals surface area contributed by atoms with Crippen LogP contribution in [0, 0.1) is 0 Å². The number of aryl methyl sites for hydroxylation is 1. The molecule has 1 heterocycles. The molecule has 1 aliphatic carbocycles.